The van der Waals surface area contributed by atoms with Gasteiger partial charge in [-0.25, -0.2) is 4.98 Å². The zero-order chi connectivity index (χ0) is 11.4. The molecule has 0 radical (unpaired) electrons. The molecule has 1 saturated carbocycles. The number of aryl methyl sites for hydroxylation is 1. The Balaban J connectivity index is 0.00000144. The minimum Gasteiger partial charge on any atom is -0.350 e. The Labute approximate surface area is 124 Å². The van der Waals surface area contributed by atoms with Gasteiger partial charge < -0.3 is 10.6 Å². The first-order valence-electron chi connectivity index (χ1n) is 5.62. The first kappa shape index (κ1) is 17.6. The molecule has 1 aromatic heterocycles. The van der Waals surface area contributed by atoms with E-state index in [1.54, 1.807) is 11.3 Å². The van der Waals surface area contributed by atoms with E-state index in [0.29, 0.717) is 13.1 Å². The standard InChI is InChI=1S/C11H17N3OS.2ClH/c1-8-10(16-7-14-8)5-13-11(15)6-12-4-9-2-3-9;;/h7,9,12H,2-6H2,1H3,(H,13,15);2*1H. The van der Waals surface area contributed by atoms with E-state index in [1.807, 2.05) is 12.4 Å². The van der Waals surface area contributed by atoms with Crippen molar-refractivity contribution in [3.63, 3.8) is 0 Å². The van der Waals surface area contributed by atoms with Crippen LogP contribution in [0.2, 0.25) is 0 Å². The van der Waals surface area contributed by atoms with E-state index >= 15 is 0 Å². The minimum atomic E-state index is 0. The van der Waals surface area contributed by atoms with Crippen LogP contribution in [0.25, 0.3) is 0 Å². The van der Waals surface area contributed by atoms with Crippen LogP contribution in [0, 0.1) is 12.8 Å². The normalized spacial score (nSPS) is 13.4. The minimum absolute atomic E-state index is 0. The molecule has 1 amide bonds. The summed E-state index contributed by atoms with van der Waals surface area (Å²) < 4.78 is 0. The van der Waals surface area contributed by atoms with Gasteiger partial charge in [-0.15, -0.1) is 36.2 Å². The summed E-state index contributed by atoms with van der Waals surface area (Å²) in [5.41, 5.74) is 2.82. The molecule has 1 heterocycles. The summed E-state index contributed by atoms with van der Waals surface area (Å²) in [5.74, 6) is 0.880. The van der Waals surface area contributed by atoms with Crippen molar-refractivity contribution in [2.24, 2.45) is 5.92 Å². The monoisotopic (exact) mass is 311 g/mol. The summed E-state index contributed by atoms with van der Waals surface area (Å²) in [5, 5.41) is 6.06. The second kappa shape index (κ2) is 8.69. The molecule has 0 aliphatic heterocycles. The van der Waals surface area contributed by atoms with Crippen molar-refractivity contribution in [2.75, 3.05) is 13.1 Å². The highest BCUT2D eigenvalue weighted by atomic mass is 35.5. The van der Waals surface area contributed by atoms with E-state index in [1.165, 1.54) is 12.8 Å². The third-order valence-corrected chi connectivity index (χ3v) is 3.64. The molecule has 7 heteroatoms. The molecule has 0 aromatic carbocycles. The molecule has 0 atom stereocenters. The van der Waals surface area contributed by atoms with Crippen molar-refractivity contribution in [3.05, 3.63) is 16.1 Å². The number of halogens is 2. The van der Waals surface area contributed by atoms with E-state index in [9.17, 15) is 4.79 Å². The highest BCUT2D eigenvalue weighted by molar-refractivity contribution is 7.09. The van der Waals surface area contributed by atoms with Crippen molar-refractivity contribution in [1.29, 1.82) is 0 Å². The SMILES string of the molecule is Cc1ncsc1CNC(=O)CNCC1CC1.Cl.Cl. The first-order valence-corrected chi connectivity index (χ1v) is 6.50. The molecule has 104 valence electrons. The van der Waals surface area contributed by atoms with Gasteiger partial charge in [-0.1, -0.05) is 0 Å². The maximum atomic E-state index is 11.5. The fraction of sp³-hybridized carbons (Fsp3) is 0.636. The summed E-state index contributed by atoms with van der Waals surface area (Å²) in [7, 11) is 0. The van der Waals surface area contributed by atoms with E-state index in [0.717, 1.165) is 23.0 Å². The Morgan fingerprint density at radius 2 is 2.22 bits per heavy atom. The lowest BCUT2D eigenvalue weighted by molar-refractivity contribution is -0.120. The van der Waals surface area contributed by atoms with Crippen LogP contribution in [0.3, 0.4) is 0 Å². The zero-order valence-corrected chi connectivity index (χ0v) is 12.7. The van der Waals surface area contributed by atoms with E-state index in [-0.39, 0.29) is 30.7 Å². The maximum absolute atomic E-state index is 11.5. The molecule has 1 aromatic rings. The quantitative estimate of drug-likeness (QED) is 0.844. The van der Waals surface area contributed by atoms with Gasteiger partial charge in [0.1, 0.15) is 0 Å². The lowest BCUT2D eigenvalue weighted by Crippen LogP contribution is -2.34. The van der Waals surface area contributed by atoms with Gasteiger partial charge in [-0.3, -0.25) is 4.79 Å². The average molecular weight is 312 g/mol. The highest BCUT2D eigenvalue weighted by Gasteiger charge is 2.20. The molecular weight excluding hydrogens is 293 g/mol. The number of hydrogen-bond acceptors (Lipinski definition) is 4. The third kappa shape index (κ3) is 6.00. The number of nitrogens with one attached hydrogen (secondary N) is 2. The molecule has 2 N–H and O–H groups in total. The number of amides is 1. The van der Waals surface area contributed by atoms with Crippen LogP contribution < -0.4 is 10.6 Å². The molecule has 0 bridgehead atoms. The van der Waals surface area contributed by atoms with Crippen LogP contribution in [-0.2, 0) is 11.3 Å². The molecule has 0 spiro atoms. The topological polar surface area (TPSA) is 54.0 Å². The van der Waals surface area contributed by atoms with Gasteiger partial charge in [-0.05, 0) is 32.2 Å². The van der Waals surface area contributed by atoms with E-state index in [4.69, 9.17) is 0 Å². The molecule has 18 heavy (non-hydrogen) atoms. The average Bonchev–Trinajstić information content (AvgIpc) is 2.99. The molecule has 1 aliphatic carbocycles. The van der Waals surface area contributed by atoms with Gasteiger partial charge in [0.2, 0.25) is 5.91 Å². The van der Waals surface area contributed by atoms with Gasteiger partial charge in [0.25, 0.3) is 0 Å². The predicted molar refractivity (Wildman–Crippen MR) is 78.8 cm³/mol. The van der Waals surface area contributed by atoms with Gasteiger partial charge in [0, 0.05) is 4.88 Å². The largest absolute Gasteiger partial charge is 0.350 e. The van der Waals surface area contributed by atoms with E-state index < -0.39 is 0 Å². The van der Waals surface area contributed by atoms with Crippen molar-refractivity contribution < 1.29 is 4.79 Å². The maximum Gasteiger partial charge on any atom is 0.234 e. The van der Waals surface area contributed by atoms with Crippen molar-refractivity contribution >= 4 is 42.1 Å². The van der Waals surface area contributed by atoms with Crippen LogP contribution in [-0.4, -0.2) is 24.0 Å². The second-order valence-electron chi connectivity index (χ2n) is 4.21. The second-order valence-corrected chi connectivity index (χ2v) is 5.15. The smallest absolute Gasteiger partial charge is 0.234 e. The van der Waals surface area contributed by atoms with Gasteiger partial charge in [0.15, 0.2) is 0 Å². The molecular formula is C11H19Cl2N3OS. The number of hydrogen-bond donors (Lipinski definition) is 2. The summed E-state index contributed by atoms with van der Waals surface area (Å²) in [6.45, 7) is 3.96. The Bertz CT molecular complexity index is 369. The number of carbonyl (C=O) groups is 1. The number of thiazole rings is 1. The Hall–Kier alpha value is -0.360. The highest BCUT2D eigenvalue weighted by Crippen LogP contribution is 2.27. The third-order valence-electron chi connectivity index (χ3n) is 2.71. The van der Waals surface area contributed by atoms with Crippen LogP contribution in [0.4, 0.5) is 0 Å². The zero-order valence-electron chi connectivity index (χ0n) is 10.3. The number of aromatic nitrogens is 1. The first-order chi connectivity index (χ1) is 7.75. The Morgan fingerprint density at radius 1 is 1.50 bits per heavy atom. The van der Waals surface area contributed by atoms with Crippen LogP contribution >= 0.6 is 36.2 Å². The molecule has 1 aliphatic rings. The number of carbonyl (C=O) groups excluding carboxylic acids is 1. The Morgan fingerprint density at radius 3 is 2.78 bits per heavy atom. The fourth-order valence-corrected chi connectivity index (χ4v) is 2.17. The Kier molecular flexibility index (Phi) is 8.52. The van der Waals surface area contributed by atoms with Crippen molar-refractivity contribution in [2.45, 2.75) is 26.3 Å². The van der Waals surface area contributed by atoms with Gasteiger partial charge in [-0.2, -0.15) is 0 Å². The molecule has 1 fully saturated rings. The molecule has 2 rings (SSSR count). The lowest BCUT2D eigenvalue weighted by Gasteiger charge is -2.05. The van der Waals surface area contributed by atoms with E-state index in [2.05, 4.69) is 15.6 Å². The number of nitrogens with zero attached hydrogens (tertiary/aromatic N) is 1. The predicted octanol–water partition coefficient (Wildman–Crippen LogP) is 1.91. The van der Waals surface area contributed by atoms with Crippen molar-refractivity contribution in [1.82, 2.24) is 15.6 Å². The number of rotatable bonds is 6. The van der Waals surface area contributed by atoms with Crippen LogP contribution in [0.15, 0.2) is 5.51 Å². The summed E-state index contributed by atoms with van der Waals surface area (Å²) in [6.07, 6.45) is 2.63. The lowest BCUT2D eigenvalue weighted by atomic mass is 10.4. The summed E-state index contributed by atoms with van der Waals surface area (Å²) >= 11 is 1.58. The summed E-state index contributed by atoms with van der Waals surface area (Å²) in [6, 6.07) is 0. The van der Waals surface area contributed by atoms with Gasteiger partial charge in [0.05, 0.1) is 24.3 Å². The summed E-state index contributed by atoms with van der Waals surface area (Å²) in [4.78, 5) is 16.7. The fourth-order valence-electron chi connectivity index (χ4n) is 1.45. The van der Waals surface area contributed by atoms with Crippen LogP contribution in [0.1, 0.15) is 23.4 Å². The van der Waals surface area contributed by atoms with Crippen molar-refractivity contribution in [3.8, 4) is 0 Å². The molecule has 0 saturated heterocycles. The molecule has 0 unspecified atom stereocenters. The van der Waals surface area contributed by atoms with Gasteiger partial charge >= 0.3 is 0 Å². The molecule has 4 nitrogen and oxygen atoms in total. The van der Waals surface area contributed by atoms with Crippen LogP contribution in [0.5, 0.6) is 0 Å².